The maximum atomic E-state index is 12.3. The lowest BCUT2D eigenvalue weighted by atomic mass is 10.0. The monoisotopic (exact) mass is 554 g/mol. The maximum Gasteiger partial charge on any atom is 0.573 e. The van der Waals surface area contributed by atoms with Gasteiger partial charge < -0.3 is 15.4 Å². The van der Waals surface area contributed by atoms with Crippen molar-refractivity contribution in [2.24, 2.45) is 25.9 Å². The number of hydrogen-bond donors (Lipinski definition) is 1. The summed E-state index contributed by atoms with van der Waals surface area (Å²) in [5.74, 6) is 0.911. The molecule has 1 aliphatic heterocycles. The Morgan fingerprint density at radius 2 is 1.90 bits per heavy atom. The summed E-state index contributed by atoms with van der Waals surface area (Å²) in [5.41, 5.74) is 10.6. The van der Waals surface area contributed by atoms with Gasteiger partial charge in [0.2, 0.25) is 0 Å². The Balaban J connectivity index is 1.38. The summed E-state index contributed by atoms with van der Waals surface area (Å²) in [4.78, 5) is 10.5. The lowest BCUT2D eigenvalue weighted by Gasteiger charge is -2.29. The first-order valence-corrected chi connectivity index (χ1v) is 13.4. The van der Waals surface area contributed by atoms with Crippen LogP contribution in [0.2, 0.25) is 0 Å². The summed E-state index contributed by atoms with van der Waals surface area (Å²) in [6.45, 7) is 4.38. The first-order chi connectivity index (χ1) is 18.7. The van der Waals surface area contributed by atoms with E-state index in [-0.39, 0.29) is 11.6 Å². The molecule has 0 amide bonds. The third kappa shape index (κ3) is 7.82. The van der Waals surface area contributed by atoms with Crippen LogP contribution in [0.5, 0.6) is 5.75 Å². The molecule has 1 heterocycles. The topological polar surface area (TPSA) is 87.9 Å². The van der Waals surface area contributed by atoms with Gasteiger partial charge in [-0.05, 0) is 67.7 Å². The number of nitrogens with zero attached hydrogens (tertiary/aromatic N) is 5. The Kier molecular flexibility index (Phi) is 9.23. The number of ether oxygens (including phenoxy) is 1. The van der Waals surface area contributed by atoms with E-state index in [1.807, 2.05) is 24.3 Å². The maximum absolute atomic E-state index is 12.3. The van der Waals surface area contributed by atoms with E-state index in [4.69, 9.17) is 5.73 Å². The SMILES string of the molecule is CCC1CS/C(=N\N=C\c2ccc(C(N)=NC=Nc3ccc(OC(F)(F)F)cc3)cc2)N1C1=C(C)CCC=C1. The third-order valence-electron chi connectivity index (χ3n) is 6.14. The van der Waals surface area contributed by atoms with E-state index in [1.54, 1.807) is 18.0 Å². The minimum atomic E-state index is -4.74. The molecule has 0 spiro atoms. The van der Waals surface area contributed by atoms with Crippen LogP contribution in [-0.2, 0) is 0 Å². The van der Waals surface area contributed by atoms with Crippen LogP contribution < -0.4 is 10.5 Å². The smallest absolute Gasteiger partial charge is 0.406 e. The summed E-state index contributed by atoms with van der Waals surface area (Å²) in [7, 11) is 0. The van der Waals surface area contributed by atoms with Gasteiger partial charge in [-0.3, -0.25) is 0 Å². The van der Waals surface area contributed by atoms with Gasteiger partial charge in [-0.25, -0.2) is 9.98 Å². The highest BCUT2D eigenvalue weighted by Crippen LogP contribution is 2.34. The van der Waals surface area contributed by atoms with Crippen LogP contribution in [-0.4, -0.2) is 46.6 Å². The average molecular weight is 555 g/mol. The number of amidine groups is 2. The minimum Gasteiger partial charge on any atom is -0.406 e. The molecular formula is C28H29F3N6OS. The highest BCUT2D eigenvalue weighted by Gasteiger charge is 2.32. The Morgan fingerprint density at radius 3 is 2.56 bits per heavy atom. The van der Waals surface area contributed by atoms with E-state index in [9.17, 15) is 13.2 Å². The van der Waals surface area contributed by atoms with E-state index >= 15 is 0 Å². The molecule has 1 unspecified atom stereocenters. The largest absolute Gasteiger partial charge is 0.573 e. The number of rotatable bonds is 8. The quantitative estimate of drug-likeness (QED) is 0.221. The van der Waals surface area contributed by atoms with Crippen molar-refractivity contribution < 1.29 is 17.9 Å². The van der Waals surface area contributed by atoms with Crippen LogP contribution in [0.25, 0.3) is 0 Å². The number of hydrogen-bond acceptors (Lipinski definition) is 5. The Morgan fingerprint density at radius 1 is 1.15 bits per heavy atom. The van der Waals surface area contributed by atoms with Gasteiger partial charge in [-0.15, -0.1) is 18.3 Å². The molecular weight excluding hydrogens is 525 g/mol. The number of alkyl halides is 3. The summed E-state index contributed by atoms with van der Waals surface area (Å²) in [6.07, 6.45) is 5.81. The van der Waals surface area contributed by atoms with Crippen LogP contribution in [0.1, 0.15) is 44.2 Å². The molecule has 0 radical (unpaired) electrons. The number of aliphatic imine (C=N–C) groups is 2. The van der Waals surface area contributed by atoms with Gasteiger partial charge in [0.25, 0.3) is 0 Å². The molecule has 2 N–H and O–H groups in total. The zero-order valence-electron chi connectivity index (χ0n) is 21.6. The zero-order chi connectivity index (χ0) is 27.8. The van der Waals surface area contributed by atoms with Crippen LogP contribution in [0.4, 0.5) is 18.9 Å². The summed E-state index contributed by atoms with van der Waals surface area (Å²) in [5, 5.41) is 9.79. The van der Waals surface area contributed by atoms with E-state index in [0.29, 0.717) is 17.3 Å². The minimum absolute atomic E-state index is 0.243. The Labute approximate surface area is 229 Å². The molecule has 2 aromatic rings. The van der Waals surface area contributed by atoms with Gasteiger partial charge in [-0.2, -0.15) is 5.10 Å². The second-order valence-electron chi connectivity index (χ2n) is 8.90. The molecule has 0 saturated carbocycles. The van der Waals surface area contributed by atoms with Crippen LogP contribution in [0.3, 0.4) is 0 Å². The standard InChI is InChI=1S/C28H29F3N6OS/c1-3-23-17-39-27(37(23)25-7-5-4-6-19(25)2)36-35-16-20-8-10-21(11-9-20)26(32)34-18-33-22-12-14-24(15-13-22)38-28(29,30)31/h5,7-16,18,23H,3-4,6,17H2,1-2H3,(H2,32,33,34)/b35-16+,36-27-. The van der Waals surface area contributed by atoms with Gasteiger partial charge in [0.05, 0.1) is 11.9 Å². The van der Waals surface area contributed by atoms with Crippen LogP contribution >= 0.6 is 11.8 Å². The van der Waals surface area contributed by atoms with Gasteiger partial charge in [0.1, 0.15) is 17.9 Å². The van der Waals surface area contributed by atoms with Gasteiger partial charge in [-0.1, -0.05) is 49.0 Å². The second-order valence-corrected chi connectivity index (χ2v) is 9.89. The molecule has 0 aromatic heterocycles. The number of allylic oxidation sites excluding steroid dienone is 3. The number of halogens is 3. The molecule has 1 atom stereocenters. The fourth-order valence-corrected chi connectivity index (χ4v) is 5.27. The molecule has 2 aromatic carbocycles. The first kappa shape index (κ1) is 28.2. The Bertz CT molecular complexity index is 1330. The van der Waals surface area contributed by atoms with E-state index in [1.165, 1.54) is 41.9 Å². The average Bonchev–Trinajstić information content (AvgIpc) is 3.32. The van der Waals surface area contributed by atoms with E-state index in [0.717, 1.165) is 35.7 Å². The number of thioether (sulfide) groups is 1. The molecule has 11 heteroatoms. The van der Waals surface area contributed by atoms with Crippen LogP contribution in [0.15, 0.2) is 92.1 Å². The molecule has 1 saturated heterocycles. The molecule has 39 heavy (non-hydrogen) atoms. The normalized spacial score (nSPS) is 19.7. The second kappa shape index (κ2) is 12.8. The number of benzene rings is 2. The molecule has 1 aliphatic carbocycles. The fraction of sp³-hybridized carbons (Fsp3) is 0.286. The highest BCUT2D eigenvalue weighted by molar-refractivity contribution is 8.14. The van der Waals surface area contributed by atoms with Crippen molar-refractivity contribution in [1.82, 2.24) is 4.90 Å². The molecule has 1 fully saturated rings. The van der Waals surface area contributed by atoms with E-state index in [2.05, 4.69) is 55.8 Å². The van der Waals surface area contributed by atoms with Crippen molar-refractivity contribution in [3.63, 3.8) is 0 Å². The van der Waals surface area contributed by atoms with Crippen molar-refractivity contribution in [3.05, 3.63) is 83.1 Å². The zero-order valence-corrected chi connectivity index (χ0v) is 22.4. The van der Waals surface area contributed by atoms with Crippen molar-refractivity contribution >= 4 is 41.0 Å². The number of nitrogens with two attached hydrogens (primary N) is 1. The lowest BCUT2D eigenvalue weighted by Crippen LogP contribution is -2.33. The third-order valence-corrected chi connectivity index (χ3v) is 7.22. The molecule has 4 rings (SSSR count). The predicted octanol–water partition coefficient (Wildman–Crippen LogP) is 6.79. The van der Waals surface area contributed by atoms with Gasteiger partial charge >= 0.3 is 6.36 Å². The summed E-state index contributed by atoms with van der Waals surface area (Å²) in [6, 6.07) is 12.9. The highest BCUT2D eigenvalue weighted by atomic mass is 32.2. The molecule has 2 aliphatic rings. The molecule has 7 nitrogen and oxygen atoms in total. The predicted molar refractivity (Wildman–Crippen MR) is 153 cm³/mol. The first-order valence-electron chi connectivity index (χ1n) is 12.4. The van der Waals surface area contributed by atoms with Crippen molar-refractivity contribution in [2.75, 3.05) is 5.75 Å². The van der Waals surface area contributed by atoms with E-state index < -0.39 is 6.36 Å². The molecule has 204 valence electrons. The molecule has 0 bridgehead atoms. The summed E-state index contributed by atoms with van der Waals surface area (Å²) < 4.78 is 40.6. The van der Waals surface area contributed by atoms with Crippen LogP contribution in [0, 0.1) is 0 Å². The van der Waals surface area contributed by atoms with Crippen molar-refractivity contribution in [3.8, 4) is 5.75 Å². The summed E-state index contributed by atoms with van der Waals surface area (Å²) >= 11 is 1.73. The fourth-order valence-electron chi connectivity index (χ4n) is 4.05. The Hall–Kier alpha value is -3.86. The van der Waals surface area contributed by atoms with Crippen molar-refractivity contribution in [1.29, 1.82) is 0 Å². The van der Waals surface area contributed by atoms with Crippen molar-refractivity contribution in [2.45, 2.75) is 45.5 Å². The van der Waals surface area contributed by atoms with Gasteiger partial charge in [0, 0.05) is 23.1 Å². The van der Waals surface area contributed by atoms with Gasteiger partial charge in [0.15, 0.2) is 5.17 Å². The lowest BCUT2D eigenvalue weighted by molar-refractivity contribution is -0.274.